The Morgan fingerprint density at radius 1 is 1.50 bits per heavy atom. The number of rotatable bonds is 2. The number of sulfonamides is 1. The van der Waals surface area contributed by atoms with E-state index in [1.165, 1.54) is 0 Å². The summed E-state index contributed by atoms with van der Waals surface area (Å²) >= 11 is 2.78. The van der Waals surface area contributed by atoms with Crippen LogP contribution in [0.15, 0.2) is 21.6 Å². The second-order valence-electron chi connectivity index (χ2n) is 2.26. The van der Waals surface area contributed by atoms with Gasteiger partial charge in [0.1, 0.15) is 4.90 Å². The van der Waals surface area contributed by atoms with Gasteiger partial charge in [-0.1, -0.05) is 0 Å². The molecule has 9 heteroatoms. The molecule has 0 amide bonds. The Morgan fingerprint density at radius 2 is 2.07 bits per heavy atom. The van der Waals surface area contributed by atoms with E-state index >= 15 is 0 Å². The van der Waals surface area contributed by atoms with Gasteiger partial charge in [0.25, 0.3) is 0 Å². The molecule has 0 aromatic carbocycles. The van der Waals surface area contributed by atoms with Crippen molar-refractivity contribution < 1.29 is 13.3 Å². The van der Waals surface area contributed by atoms with Gasteiger partial charge in [-0.15, -0.1) is 0 Å². The fourth-order valence-electron chi connectivity index (χ4n) is 0.726. The zero-order chi connectivity index (χ0) is 10.9. The summed E-state index contributed by atoms with van der Waals surface area (Å²) in [6.45, 7) is 0. The van der Waals surface area contributed by atoms with Gasteiger partial charge >= 0.3 is 5.82 Å². The van der Waals surface area contributed by atoms with Crippen molar-refractivity contribution in [2.24, 2.45) is 5.14 Å². The average molecular weight is 282 g/mol. The summed E-state index contributed by atoms with van der Waals surface area (Å²) < 4.78 is 21.6. The van der Waals surface area contributed by atoms with E-state index in [2.05, 4.69) is 20.9 Å². The maximum atomic E-state index is 10.9. The summed E-state index contributed by atoms with van der Waals surface area (Å²) in [6, 6.07) is 1.98. The first-order valence-corrected chi connectivity index (χ1v) is 5.50. The monoisotopic (exact) mass is 281 g/mol. The number of halogens is 1. The molecule has 0 saturated carbocycles. The zero-order valence-corrected chi connectivity index (χ0v) is 8.95. The molecule has 0 saturated heterocycles. The fraction of sp³-hybridized carbons (Fsp3) is 0. The molecule has 0 unspecified atom stereocenters. The average Bonchev–Trinajstić information content (AvgIpc) is 2.01. The molecular formula is C5H4BrN3O4S. The van der Waals surface area contributed by atoms with Crippen molar-refractivity contribution in [3.8, 4) is 0 Å². The number of nitrogens with zero attached hydrogens (tertiary/aromatic N) is 2. The second kappa shape index (κ2) is 3.59. The number of hydrogen-bond donors (Lipinski definition) is 1. The highest BCUT2D eigenvalue weighted by molar-refractivity contribution is 9.10. The molecule has 1 heterocycles. The predicted octanol–water partition coefficient (Wildman–Crippen LogP) is 0.400. The number of hydrogen-bond acceptors (Lipinski definition) is 5. The van der Waals surface area contributed by atoms with Gasteiger partial charge in [-0.05, 0) is 16.0 Å². The molecule has 7 nitrogen and oxygen atoms in total. The first kappa shape index (κ1) is 11.0. The molecule has 1 aromatic heterocycles. The molecule has 0 spiro atoms. The number of nitrogens with two attached hydrogens (primary N) is 1. The van der Waals surface area contributed by atoms with E-state index in [0.29, 0.717) is 0 Å². The van der Waals surface area contributed by atoms with Gasteiger partial charge in [-0.3, -0.25) is 0 Å². The normalized spacial score (nSPS) is 11.3. The number of primary sulfonamides is 1. The maximum Gasteiger partial charge on any atom is 0.364 e. The predicted molar refractivity (Wildman–Crippen MR) is 50.0 cm³/mol. The van der Waals surface area contributed by atoms with Crippen LogP contribution in [0.4, 0.5) is 5.82 Å². The van der Waals surface area contributed by atoms with Crippen LogP contribution >= 0.6 is 15.9 Å². The summed E-state index contributed by atoms with van der Waals surface area (Å²) in [7, 11) is -3.91. The molecule has 76 valence electrons. The molecule has 0 bridgehead atoms. The van der Waals surface area contributed by atoms with E-state index in [1.54, 1.807) is 0 Å². The van der Waals surface area contributed by atoms with Crippen molar-refractivity contribution in [1.29, 1.82) is 0 Å². The molecule has 1 rings (SSSR count). The highest BCUT2D eigenvalue weighted by atomic mass is 79.9. The largest absolute Gasteiger partial charge is 0.364 e. The van der Waals surface area contributed by atoms with Crippen LogP contribution in [0.3, 0.4) is 0 Å². The number of aromatic nitrogens is 1. The van der Waals surface area contributed by atoms with Crippen LogP contribution < -0.4 is 5.14 Å². The topological polar surface area (TPSA) is 116 Å². The molecule has 0 aliphatic heterocycles. The molecule has 0 radical (unpaired) electrons. The van der Waals surface area contributed by atoms with Gasteiger partial charge in [-0.25, -0.2) is 13.6 Å². The molecule has 14 heavy (non-hydrogen) atoms. The Morgan fingerprint density at radius 3 is 2.43 bits per heavy atom. The second-order valence-corrected chi connectivity index (χ2v) is 4.54. The van der Waals surface area contributed by atoms with Crippen LogP contribution in [0.1, 0.15) is 0 Å². The third-order valence-electron chi connectivity index (χ3n) is 1.29. The lowest BCUT2D eigenvalue weighted by Crippen LogP contribution is -2.13. The lowest BCUT2D eigenvalue weighted by Gasteiger charge is -1.97. The molecule has 0 fully saturated rings. The van der Waals surface area contributed by atoms with Crippen LogP contribution in [-0.2, 0) is 10.0 Å². The van der Waals surface area contributed by atoms with Crippen LogP contribution in [-0.4, -0.2) is 18.3 Å². The van der Waals surface area contributed by atoms with Gasteiger partial charge in [0, 0.05) is 22.0 Å². The van der Waals surface area contributed by atoms with E-state index in [-0.39, 0.29) is 9.50 Å². The summed E-state index contributed by atoms with van der Waals surface area (Å²) in [5.41, 5.74) is 0. The molecule has 0 aliphatic carbocycles. The van der Waals surface area contributed by atoms with E-state index < -0.39 is 20.8 Å². The van der Waals surface area contributed by atoms with Crippen LogP contribution in [0, 0.1) is 10.1 Å². The van der Waals surface area contributed by atoms with Crippen molar-refractivity contribution in [3.05, 3.63) is 26.9 Å². The molecule has 1 aromatic rings. The summed E-state index contributed by atoms with van der Waals surface area (Å²) in [5, 5.41) is 15.1. The van der Waals surface area contributed by atoms with Crippen molar-refractivity contribution in [1.82, 2.24) is 4.98 Å². The van der Waals surface area contributed by atoms with Crippen LogP contribution in [0.5, 0.6) is 0 Å². The van der Waals surface area contributed by atoms with E-state index in [9.17, 15) is 18.5 Å². The Labute approximate surface area is 87.3 Å². The quantitative estimate of drug-likeness (QED) is 0.478. The third kappa shape index (κ3) is 2.25. The zero-order valence-electron chi connectivity index (χ0n) is 6.55. The minimum atomic E-state index is -3.91. The Kier molecular flexibility index (Phi) is 2.83. The van der Waals surface area contributed by atoms with Crippen molar-refractivity contribution >= 4 is 31.8 Å². The first-order valence-electron chi connectivity index (χ1n) is 3.16. The summed E-state index contributed by atoms with van der Waals surface area (Å²) in [6.07, 6.45) is 0. The lowest BCUT2D eigenvalue weighted by molar-refractivity contribution is -0.389. The van der Waals surface area contributed by atoms with Crippen molar-refractivity contribution in [2.75, 3.05) is 0 Å². The lowest BCUT2D eigenvalue weighted by atomic mass is 10.5. The smallest absolute Gasteiger partial charge is 0.358 e. The Balaban J connectivity index is 3.35. The molecule has 0 aliphatic rings. The minimum absolute atomic E-state index is 0.172. The molecular weight excluding hydrogens is 278 g/mol. The van der Waals surface area contributed by atoms with Gasteiger partial charge in [0.05, 0.1) is 0 Å². The molecule has 0 atom stereocenters. The number of pyridine rings is 1. The van der Waals surface area contributed by atoms with Gasteiger partial charge in [0.2, 0.25) is 14.6 Å². The van der Waals surface area contributed by atoms with E-state index in [1.807, 2.05) is 0 Å². The van der Waals surface area contributed by atoms with Gasteiger partial charge in [0.15, 0.2) is 0 Å². The van der Waals surface area contributed by atoms with Crippen LogP contribution in [0.25, 0.3) is 0 Å². The van der Waals surface area contributed by atoms with E-state index in [0.717, 1.165) is 12.1 Å². The third-order valence-corrected chi connectivity index (χ3v) is 3.10. The summed E-state index contributed by atoms with van der Waals surface area (Å²) in [4.78, 5) is 12.6. The minimum Gasteiger partial charge on any atom is -0.358 e. The highest BCUT2D eigenvalue weighted by Gasteiger charge is 2.20. The Bertz CT molecular complexity index is 486. The number of nitro groups is 1. The Hall–Kier alpha value is -1.06. The maximum absolute atomic E-state index is 10.9. The van der Waals surface area contributed by atoms with Gasteiger partial charge < -0.3 is 10.1 Å². The van der Waals surface area contributed by atoms with Crippen molar-refractivity contribution in [2.45, 2.75) is 4.90 Å². The highest BCUT2D eigenvalue weighted by Crippen LogP contribution is 2.21. The van der Waals surface area contributed by atoms with E-state index in [4.69, 9.17) is 5.14 Å². The van der Waals surface area contributed by atoms with Crippen molar-refractivity contribution in [3.63, 3.8) is 0 Å². The van der Waals surface area contributed by atoms with Crippen LogP contribution in [0.2, 0.25) is 0 Å². The fourth-order valence-corrected chi connectivity index (χ4v) is 2.25. The molecule has 2 N–H and O–H groups in total. The van der Waals surface area contributed by atoms with Gasteiger partial charge in [-0.2, -0.15) is 0 Å². The standard InChI is InChI=1S/C5H4BrN3O4S/c6-5-3(14(7,12)13)1-2-4(8-5)9(10)11/h1-2H,(H2,7,12,13). The first-order chi connectivity index (χ1) is 6.32. The summed E-state index contributed by atoms with van der Waals surface area (Å²) in [5.74, 6) is -0.454. The SMILES string of the molecule is NS(=O)(=O)c1ccc([N+](=O)[O-])nc1Br.